The van der Waals surface area contributed by atoms with Crippen LogP contribution in [0.25, 0.3) is 0 Å². The van der Waals surface area contributed by atoms with Crippen molar-refractivity contribution >= 4 is 27.3 Å². The Bertz CT molecular complexity index is 862. The molecule has 23 heavy (non-hydrogen) atoms. The second-order valence-electron chi connectivity index (χ2n) is 5.56. The summed E-state index contributed by atoms with van der Waals surface area (Å²) < 4.78 is 24.0. The molecule has 0 unspecified atom stereocenters. The number of hydrogen-bond acceptors (Lipinski definition) is 3. The number of aryl methyl sites for hydroxylation is 1. The number of carbonyl (C=O) groups is 1. The van der Waals surface area contributed by atoms with Gasteiger partial charge in [0.1, 0.15) is 0 Å². The van der Waals surface area contributed by atoms with Crippen molar-refractivity contribution in [1.29, 1.82) is 0 Å². The van der Waals surface area contributed by atoms with Crippen molar-refractivity contribution < 1.29 is 13.2 Å². The van der Waals surface area contributed by atoms with Crippen molar-refractivity contribution in [3.63, 3.8) is 0 Å². The molecule has 1 amide bonds. The van der Waals surface area contributed by atoms with Gasteiger partial charge in [0.2, 0.25) is 0 Å². The number of rotatable bonds is 3. The number of hydrogen-bond donors (Lipinski definition) is 1. The number of halogens is 1. The second-order valence-corrected chi connectivity index (χ2v) is 8.07. The molecule has 4 nitrogen and oxygen atoms in total. The summed E-state index contributed by atoms with van der Waals surface area (Å²) in [6, 6.07) is 12.0. The molecule has 0 fully saturated rings. The van der Waals surface area contributed by atoms with Gasteiger partial charge in [0.25, 0.3) is 5.91 Å². The van der Waals surface area contributed by atoms with Crippen molar-refractivity contribution in [2.24, 2.45) is 0 Å². The van der Waals surface area contributed by atoms with E-state index in [1.807, 2.05) is 6.07 Å². The van der Waals surface area contributed by atoms with Gasteiger partial charge in [0.05, 0.1) is 10.6 Å². The van der Waals surface area contributed by atoms with Crippen molar-refractivity contribution in [2.45, 2.75) is 24.3 Å². The maximum absolute atomic E-state index is 12.1. The fourth-order valence-electron chi connectivity index (χ4n) is 2.72. The molecular weight excluding hydrogens is 334 g/mol. The van der Waals surface area contributed by atoms with Gasteiger partial charge in [-0.3, -0.25) is 4.79 Å². The highest BCUT2D eigenvalue weighted by Gasteiger charge is 2.23. The van der Waals surface area contributed by atoms with Crippen LogP contribution in [-0.4, -0.2) is 20.1 Å². The monoisotopic (exact) mass is 349 g/mol. The lowest BCUT2D eigenvalue weighted by atomic mass is 10.1. The number of amides is 1. The van der Waals surface area contributed by atoms with Gasteiger partial charge in [0.15, 0.2) is 9.84 Å². The zero-order valence-corrected chi connectivity index (χ0v) is 14.0. The Morgan fingerprint density at radius 1 is 1.17 bits per heavy atom. The first-order chi connectivity index (χ1) is 11.0. The molecule has 0 radical (unpaired) electrons. The van der Waals surface area contributed by atoms with E-state index in [0.717, 1.165) is 17.5 Å². The van der Waals surface area contributed by atoms with Crippen LogP contribution in [-0.2, 0) is 22.8 Å². The van der Waals surface area contributed by atoms with E-state index in [1.54, 1.807) is 36.4 Å². The lowest BCUT2D eigenvalue weighted by molar-refractivity contribution is 0.0951. The van der Waals surface area contributed by atoms with Gasteiger partial charge in [-0.25, -0.2) is 8.42 Å². The van der Waals surface area contributed by atoms with Crippen molar-refractivity contribution in [3.8, 4) is 0 Å². The molecule has 1 aliphatic heterocycles. The molecule has 0 saturated heterocycles. The van der Waals surface area contributed by atoms with E-state index in [2.05, 4.69) is 5.32 Å². The first kappa shape index (κ1) is 16.0. The highest BCUT2D eigenvalue weighted by Crippen LogP contribution is 2.25. The van der Waals surface area contributed by atoms with Crippen molar-refractivity contribution in [3.05, 3.63) is 64.2 Å². The van der Waals surface area contributed by atoms with E-state index in [1.165, 1.54) is 0 Å². The minimum Gasteiger partial charge on any atom is -0.348 e. The number of benzene rings is 2. The third kappa shape index (κ3) is 3.57. The van der Waals surface area contributed by atoms with Crippen LogP contribution in [0.15, 0.2) is 47.4 Å². The minimum absolute atomic E-state index is 0.210. The highest BCUT2D eigenvalue weighted by molar-refractivity contribution is 7.91. The fourth-order valence-corrected chi connectivity index (χ4v) is 4.49. The standard InChI is InChI=1S/C17H16ClNO3S/c18-15-5-1-3-14(10-15)17(20)19-11-12-6-7-16-13(9-12)4-2-8-23(16,21)22/h1,3,5-7,9-10H,2,4,8,11H2,(H,19,20). The van der Waals surface area contributed by atoms with Gasteiger partial charge in [-0.05, 0) is 48.2 Å². The third-order valence-corrected chi connectivity index (χ3v) is 5.99. The quantitative estimate of drug-likeness (QED) is 0.926. The van der Waals surface area contributed by atoms with Gasteiger partial charge in [0, 0.05) is 17.1 Å². The molecule has 1 N–H and O–H groups in total. The van der Waals surface area contributed by atoms with Gasteiger partial charge in [-0.1, -0.05) is 29.8 Å². The van der Waals surface area contributed by atoms with Crippen LogP contribution >= 0.6 is 11.6 Å². The first-order valence-corrected chi connectivity index (χ1v) is 9.37. The highest BCUT2D eigenvalue weighted by atomic mass is 35.5. The lowest BCUT2D eigenvalue weighted by Crippen LogP contribution is -2.23. The molecule has 1 aliphatic rings. The van der Waals surface area contributed by atoms with E-state index >= 15 is 0 Å². The Morgan fingerprint density at radius 3 is 2.78 bits per heavy atom. The molecule has 0 aromatic heterocycles. The number of sulfone groups is 1. The smallest absolute Gasteiger partial charge is 0.251 e. The SMILES string of the molecule is O=C(NCc1ccc2c(c1)CCCS2(=O)=O)c1cccc(Cl)c1. The molecule has 1 heterocycles. The van der Waals surface area contributed by atoms with Crippen molar-refractivity contribution in [1.82, 2.24) is 5.32 Å². The van der Waals surface area contributed by atoms with Crippen LogP contribution in [0.3, 0.4) is 0 Å². The molecule has 2 aromatic rings. The number of carbonyl (C=O) groups excluding carboxylic acids is 1. The average Bonchev–Trinajstić information content (AvgIpc) is 2.52. The van der Waals surface area contributed by atoms with Gasteiger partial charge in [-0.2, -0.15) is 0 Å². The molecule has 6 heteroatoms. The molecule has 0 atom stereocenters. The normalized spacial score (nSPS) is 15.7. The fraction of sp³-hybridized carbons (Fsp3) is 0.235. The van der Waals surface area contributed by atoms with Gasteiger partial charge >= 0.3 is 0 Å². The summed E-state index contributed by atoms with van der Waals surface area (Å²) in [5.41, 5.74) is 2.22. The van der Waals surface area contributed by atoms with E-state index in [0.29, 0.717) is 28.4 Å². The maximum atomic E-state index is 12.1. The van der Waals surface area contributed by atoms with E-state index in [4.69, 9.17) is 11.6 Å². The van der Waals surface area contributed by atoms with Gasteiger partial charge < -0.3 is 5.32 Å². The summed E-state index contributed by atoms with van der Waals surface area (Å²) in [4.78, 5) is 12.5. The Hall–Kier alpha value is -1.85. The minimum atomic E-state index is -3.14. The Morgan fingerprint density at radius 2 is 2.00 bits per heavy atom. The third-order valence-electron chi connectivity index (χ3n) is 3.86. The van der Waals surface area contributed by atoms with E-state index in [9.17, 15) is 13.2 Å². The zero-order chi connectivity index (χ0) is 16.4. The number of nitrogens with one attached hydrogen (secondary N) is 1. The molecule has 3 rings (SSSR count). The summed E-state index contributed by atoms with van der Waals surface area (Å²) in [7, 11) is -3.14. The largest absolute Gasteiger partial charge is 0.348 e. The Kier molecular flexibility index (Phi) is 4.41. The van der Waals surface area contributed by atoms with Crippen LogP contribution in [0, 0.1) is 0 Å². The second kappa shape index (κ2) is 6.34. The molecule has 0 aliphatic carbocycles. The van der Waals surface area contributed by atoms with Crippen LogP contribution < -0.4 is 5.32 Å². The molecule has 120 valence electrons. The lowest BCUT2D eigenvalue weighted by Gasteiger charge is -2.17. The first-order valence-electron chi connectivity index (χ1n) is 7.34. The summed E-state index contributed by atoms with van der Waals surface area (Å²) >= 11 is 5.88. The van der Waals surface area contributed by atoms with E-state index < -0.39 is 9.84 Å². The summed E-state index contributed by atoms with van der Waals surface area (Å²) in [6.07, 6.45) is 1.40. The topological polar surface area (TPSA) is 63.2 Å². The Labute approximate surface area is 140 Å². The average molecular weight is 350 g/mol. The summed E-state index contributed by atoms with van der Waals surface area (Å²) in [5, 5.41) is 3.33. The van der Waals surface area contributed by atoms with Crippen molar-refractivity contribution in [2.75, 3.05) is 5.75 Å². The molecule has 2 aromatic carbocycles. The molecule has 0 spiro atoms. The Balaban J connectivity index is 1.73. The predicted octanol–water partition coefficient (Wildman–Crippen LogP) is 2.99. The maximum Gasteiger partial charge on any atom is 0.251 e. The zero-order valence-electron chi connectivity index (χ0n) is 12.4. The summed E-state index contributed by atoms with van der Waals surface area (Å²) in [6.45, 7) is 0.346. The van der Waals surface area contributed by atoms with Crippen LogP contribution in [0.4, 0.5) is 0 Å². The van der Waals surface area contributed by atoms with Crippen LogP contribution in [0.2, 0.25) is 5.02 Å². The molecule has 0 bridgehead atoms. The molecular formula is C17H16ClNO3S. The summed E-state index contributed by atoms with van der Waals surface area (Å²) in [5.74, 6) is 0.00281. The van der Waals surface area contributed by atoms with Crippen LogP contribution in [0.5, 0.6) is 0 Å². The number of fused-ring (bicyclic) bond motifs is 1. The van der Waals surface area contributed by atoms with Crippen LogP contribution in [0.1, 0.15) is 27.9 Å². The molecule has 0 saturated carbocycles. The predicted molar refractivity (Wildman–Crippen MR) is 89.4 cm³/mol. The van der Waals surface area contributed by atoms with Gasteiger partial charge in [-0.15, -0.1) is 0 Å². The van der Waals surface area contributed by atoms with E-state index in [-0.39, 0.29) is 11.7 Å².